The first-order chi connectivity index (χ1) is 9.08. The lowest BCUT2D eigenvalue weighted by Crippen LogP contribution is -2.39. The van der Waals surface area contributed by atoms with Gasteiger partial charge in [0.1, 0.15) is 6.54 Å². The predicted molar refractivity (Wildman–Crippen MR) is 74.4 cm³/mol. The maximum absolute atomic E-state index is 12.1. The summed E-state index contributed by atoms with van der Waals surface area (Å²) in [5.41, 5.74) is 0.514. The third-order valence-electron chi connectivity index (χ3n) is 2.44. The number of carbonyl (C=O) groups excluding carboxylic acids is 2. The zero-order valence-corrected chi connectivity index (χ0v) is 11.7. The summed E-state index contributed by atoms with van der Waals surface area (Å²) in [6.45, 7) is 2.30. The molecule has 0 heterocycles. The van der Waals surface area contributed by atoms with Crippen molar-refractivity contribution in [3.8, 4) is 0 Å². The van der Waals surface area contributed by atoms with Gasteiger partial charge in [-0.15, -0.1) is 0 Å². The Morgan fingerprint density at radius 1 is 1.37 bits per heavy atom. The van der Waals surface area contributed by atoms with E-state index in [9.17, 15) is 9.59 Å². The molecule has 0 saturated heterocycles. The van der Waals surface area contributed by atoms with Gasteiger partial charge in [0.2, 0.25) is 0 Å². The first kappa shape index (κ1) is 15.3. The second-order valence-corrected chi connectivity index (χ2v) is 4.31. The van der Waals surface area contributed by atoms with Gasteiger partial charge in [0.25, 0.3) is 0 Å². The van der Waals surface area contributed by atoms with Gasteiger partial charge in [-0.3, -0.25) is 4.79 Å². The third kappa shape index (κ3) is 4.79. The number of amides is 2. The van der Waals surface area contributed by atoms with E-state index in [-0.39, 0.29) is 12.6 Å². The van der Waals surface area contributed by atoms with Gasteiger partial charge < -0.3 is 15.0 Å². The summed E-state index contributed by atoms with van der Waals surface area (Å²) in [5, 5.41) is 3.12. The van der Waals surface area contributed by atoms with Crippen molar-refractivity contribution in [3.63, 3.8) is 0 Å². The van der Waals surface area contributed by atoms with Crippen LogP contribution in [0.2, 0.25) is 5.02 Å². The topological polar surface area (TPSA) is 58.6 Å². The number of methoxy groups -OCH3 is 1. The fourth-order valence-electron chi connectivity index (χ4n) is 1.50. The second-order valence-electron chi connectivity index (χ2n) is 3.91. The molecule has 19 heavy (non-hydrogen) atoms. The van der Waals surface area contributed by atoms with E-state index in [0.717, 1.165) is 6.42 Å². The lowest BCUT2D eigenvalue weighted by Gasteiger charge is -2.21. The number of anilines is 1. The van der Waals surface area contributed by atoms with Crippen molar-refractivity contribution in [2.24, 2.45) is 0 Å². The van der Waals surface area contributed by atoms with Crippen molar-refractivity contribution in [3.05, 3.63) is 29.3 Å². The minimum absolute atomic E-state index is 0.0827. The summed E-state index contributed by atoms with van der Waals surface area (Å²) in [6.07, 6.45) is 0.743. The van der Waals surface area contributed by atoms with Crippen LogP contribution in [0.4, 0.5) is 10.5 Å². The zero-order chi connectivity index (χ0) is 14.3. The maximum atomic E-state index is 12.1. The van der Waals surface area contributed by atoms with Crippen molar-refractivity contribution in [2.45, 2.75) is 13.3 Å². The normalized spacial score (nSPS) is 9.84. The number of hydrogen-bond acceptors (Lipinski definition) is 3. The summed E-state index contributed by atoms with van der Waals surface area (Å²) in [7, 11) is 1.29. The van der Waals surface area contributed by atoms with Crippen LogP contribution in [0.25, 0.3) is 0 Å². The molecule has 0 aromatic heterocycles. The van der Waals surface area contributed by atoms with Crippen molar-refractivity contribution in [2.75, 3.05) is 25.5 Å². The van der Waals surface area contributed by atoms with E-state index >= 15 is 0 Å². The van der Waals surface area contributed by atoms with E-state index in [1.165, 1.54) is 12.0 Å². The number of rotatable bonds is 5. The summed E-state index contributed by atoms with van der Waals surface area (Å²) in [6, 6.07) is 6.55. The number of esters is 1. The monoisotopic (exact) mass is 284 g/mol. The van der Waals surface area contributed by atoms with Gasteiger partial charge in [-0.25, -0.2) is 4.79 Å². The molecular formula is C13H17ClN2O3. The van der Waals surface area contributed by atoms with Gasteiger partial charge in [-0.2, -0.15) is 0 Å². The molecule has 0 bridgehead atoms. The molecule has 0 aliphatic rings. The third-order valence-corrected chi connectivity index (χ3v) is 2.77. The van der Waals surface area contributed by atoms with Gasteiger partial charge in [0.15, 0.2) is 0 Å². The molecule has 2 amide bonds. The zero-order valence-electron chi connectivity index (χ0n) is 11.0. The van der Waals surface area contributed by atoms with Crippen LogP contribution >= 0.6 is 11.6 Å². The van der Waals surface area contributed by atoms with Crippen molar-refractivity contribution >= 4 is 29.3 Å². The molecule has 0 spiro atoms. The number of para-hydroxylation sites is 1. The van der Waals surface area contributed by atoms with E-state index in [1.54, 1.807) is 24.3 Å². The fraction of sp³-hybridized carbons (Fsp3) is 0.385. The van der Waals surface area contributed by atoms with E-state index in [0.29, 0.717) is 17.3 Å². The summed E-state index contributed by atoms with van der Waals surface area (Å²) in [5.74, 6) is -0.456. The molecule has 104 valence electrons. The van der Waals surface area contributed by atoms with Crippen LogP contribution in [-0.4, -0.2) is 37.1 Å². The first-order valence-electron chi connectivity index (χ1n) is 5.95. The molecule has 0 atom stereocenters. The number of halogens is 1. The van der Waals surface area contributed by atoms with Gasteiger partial charge >= 0.3 is 12.0 Å². The quantitative estimate of drug-likeness (QED) is 0.846. The van der Waals surface area contributed by atoms with Crippen LogP contribution in [0, 0.1) is 0 Å². The van der Waals surface area contributed by atoms with Crippen LogP contribution in [0.3, 0.4) is 0 Å². The van der Waals surface area contributed by atoms with E-state index in [4.69, 9.17) is 11.6 Å². The SMILES string of the molecule is CCCN(CC(=O)OC)C(=O)Nc1ccccc1Cl. The van der Waals surface area contributed by atoms with E-state index in [1.807, 2.05) is 6.92 Å². The molecule has 0 aliphatic carbocycles. The number of benzene rings is 1. The van der Waals surface area contributed by atoms with Crippen molar-refractivity contribution < 1.29 is 14.3 Å². The average Bonchev–Trinajstić information content (AvgIpc) is 2.40. The van der Waals surface area contributed by atoms with Crippen LogP contribution in [0.5, 0.6) is 0 Å². The lowest BCUT2D eigenvalue weighted by atomic mass is 10.3. The van der Waals surface area contributed by atoms with Gasteiger partial charge in [-0.05, 0) is 18.6 Å². The molecule has 5 nitrogen and oxygen atoms in total. The van der Waals surface area contributed by atoms with E-state index in [2.05, 4.69) is 10.1 Å². The lowest BCUT2D eigenvalue weighted by molar-refractivity contribution is -0.141. The van der Waals surface area contributed by atoms with Gasteiger partial charge in [0.05, 0.1) is 17.8 Å². The van der Waals surface area contributed by atoms with Gasteiger partial charge in [0, 0.05) is 6.54 Å². The fourth-order valence-corrected chi connectivity index (χ4v) is 1.68. The molecule has 0 saturated carbocycles. The van der Waals surface area contributed by atoms with E-state index < -0.39 is 5.97 Å². The Hall–Kier alpha value is -1.75. The molecule has 6 heteroatoms. The number of ether oxygens (including phenoxy) is 1. The van der Waals surface area contributed by atoms with Crippen molar-refractivity contribution in [1.29, 1.82) is 0 Å². The standard InChI is InChI=1S/C13H17ClN2O3/c1-3-8-16(9-12(17)19-2)13(18)15-11-7-5-4-6-10(11)14/h4-7H,3,8-9H2,1-2H3,(H,15,18). The Bertz CT molecular complexity index is 451. The molecule has 1 aromatic rings. The highest BCUT2D eigenvalue weighted by Gasteiger charge is 2.17. The molecule has 0 unspecified atom stereocenters. The summed E-state index contributed by atoms with van der Waals surface area (Å²) >= 11 is 5.96. The Morgan fingerprint density at radius 2 is 2.05 bits per heavy atom. The van der Waals surface area contributed by atoms with Crippen LogP contribution in [0.15, 0.2) is 24.3 Å². The van der Waals surface area contributed by atoms with Gasteiger partial charge in [-0.1, -0.05) is 30.7 Å². The number of carbonyl (C=O) groups is 2. The number of nitrogens with one attached hydrogen (secondary N) is 1. The predicted octanol–water partition coefficient (Wildman–Crippen LogP) is 2.76. The first-order valence-corrected chi connectivity index (χ1v) is 6.33. The van der Waals surface area contributed by atoms with Crippen molar-refractivity contribution in [1.82, 2.24) is 4.90 Å². The smallest absolute Gasteiger partial charge is 0.325 e. The summed E-state index contributed by atoms with van der Waals surface area (Å²) < 4.78 is 4.56. The minimum atomic E-state index is -0.456. The number of urea groups is 1. The highest BCUT2D eigenvalue weighted by Crippen LogP contribution is 2.20. The Kier molecular flexibility index (Phi) is 6.15. The highest BCUT2D eigenvalue weighted by molar-refractivity contribution is 6.33. The largest absolute Gasteiger partial charge is 0.468 e. The Labute approximate surface area is 117 Å². The molecule has 0 aliphatic heterocycles. The molecular weight excluding hydrogens is 268 g/mol. The van der Waals surface area contributed by atoms with Crippen LogP contribution in [0.1, 0.15) is 13.3 Å². The molecule has 0 fully saturated rings. The molecule has 1 aromatic carbocycles. The number of hydrogen-bond donors (Lipinski definition) is 1. The molecule has 0 radical (unpaired) electrons. The van der Waals surface area contributed by atoms with Crippen LogP contribution < -0.4 is 5.32 Å². The Morgan fingerprint density at radius 3 is 2.63 bits per heavy atom. The minimum Gasteiger partial charge on any atom is -0.468 e. The molecule has 1 N–H and O–H groups in total. The summed E-state index contributed by atoms with van der Waals surface area (Å²) in [4.78, 5) is 24.7. The molecule has 1 rings (SSSR count). The number of nitrogens with zero attached hydrogens (tertiary/aromatic N) is 1. The maximum Gasteiger partial charge on any atom is 0.325 e. The second kappa shape index (κ2) is 7.63. The highest BCUT2D eigenvalue weighted by atomic mass is 35.5. The Balaban J connectivity index is 2.72. The average molecular weight is 285 g/mol. The van der Waals surface area contributed by atoms with Crippen LogP contribution in [-0.2, 0) is 9.53 Å².